The van der Waals surface area contributed by atoms with Gasteiger partial charge in [-0.1, -0.05) is 25.2 Å². The molecule has 1 saturated carbocycles. The van der Waals surface area contributed by atoms with Crippen LogP contribution in [0.4, 0.5) is 0 Å². The Morgan fingerprint density at radius 1 is 1.45 bits per heavy atom. The van der Waals surface area contributed by atoms with E-state index in [0.29, 0.717) is 5.78 Å². The molecule has 0 aromatic carbocycles. The number of carbonyl (C=O) groups excluding carboxylic acids is 1. The molecular weight excluding hydrogens is 136 g/mol. The predicted octanol–water partition coefficient (Wildman–Crippen LogP) is 2.63. The quantitative estimate of drug-likeness (QED) is 0.553. The number of allylic oxidation sites excluding steroid dienone is 4. The molecule has 1 nitrogen and oxygen atoms in total. The molecule has 0 bridgehead atoms. The Balaban J connectivity index is 2.51. The molecule has 60 valence electrons. The van der Waals surface area contributed by atoms with Crippen molar-refractivity contribution in [2.24, 2.45) is 0 Å². The zero-order valence-electron chi connectivity index (χ0n) is 6.97. The van der Waals surface area contributed by atoms with E-state index < -0.39 is 0 Å². The normalized spacial score (nSPS) is 22.3. The lowest BCUT2D eigenvalue weighted by Crippen LogP contribution is -1.89. The fraction of sp³-hybridized carbons (Fsp3) is 0.500. The highest BCUT2D eigenvalue weighted by Gasteiger charge is 2.15. The van der Waals surface area contributed by atoms with E-state index in [1.807, 2.05) is 12.2 Å². The first-order valence-electron chi connectivity index (χ1n) is 4.23. The van der Waals surface area contributed by atoms with E-state index in [0.717, 1.165) is 31.3 Å². The molecule has 0 aromatic heterocycles. The Morgan fingerprint density at radius 3 is 2.82 bits per heavy atom. The van der Waals surface area contributed by atoms with Gasteiger partial charge in [0.1, 0.15) is 0 Å². The van der Waals surface area contributed by atoms with Gasteiger partial charge in [0.15, 0.2) is 5.78 Å². The fourth-order valence-electron chi connectivity index (χ4n) is 1.24. The molecule has 0 heterocycles. The molecular formula is C10H14O. The Labute approximate surface area is 67.8 Å². The van der Waals surface area contributed by atoms with E-state index in [-0.39, 0.29) is 0 Å². The minimum Gasteiger partial charge on any atom is -0.295 e. The highest BCUT2D eigenvalue weighted by atomic mass is 16.1. The summed E-state index contributed by atoms with van der Waals surface area (Å²) in [6.45, 7) is 2.09. The molecule has 11 heavy (non-hydrogen) atoms. The van der Waals surface area contributed by atoms with Gasteiger partial charge in [0, 0.05) is 6.42 Å². The number of Topliss-reactive ketones (excluding diaryl/α,β-unsaturated/α-hetero) is 1. The van der Waals surface area contributed by atoms with Crippen LogP contribution in [-0.4, -0.2) is 5.78 Å². The molecule has 0 amide bonds. The third-order valence-corrected chi connectivity index (χ3v) is 1.88. The minimum atomic E-state index is 0.339. The predicted molar refractivity (Wildman–Crippen MR) is 46.4 cm³/mol. The second kappa shape index (κ2) is 4.12. The van der Waals surface area contributed by atoms with Crippen LogP contribution in [-0.2, 0) is 4.79 Å². The van der Waals surface area contributed by atoms with Crippen molar-refractivity contribution in [2.45, 2.75) is 32.6 Å². The van der Waals surface area contributed by atoms with E-state index in [1.165, 1.54) is 0 Å². The molecule has 0 atom stereocenters. The lowest BCUT2D eigenvalue weighted by molar-refractivity contribution is -0.114. The van der Waals surface area contributed by atoms with Crippen molar-refractivity contribution >= 4 is 5.78 Å². The van der Waals surface area contributed by atoms with Crippen molar-refractivity contribution in [1.82, 2.24) is 0 Å². The van der Waals surface area contributed by atoms with Gasteiger partial charge in [-0.15, -0.1) is 0 Å². The Morgan fingerprint density at radius 2 is 2.27 bits per heavy atom. The Bertz CT molecular complexity index is 199. The SMILES string of the molecule is CC/C=C/C=C1\CCCC1=O. The highest BCUT2D eigenvalue weighted by Crippen LogP contribution is 2.19. The van der Waals surface area contributed by atoms with Crippen LogP contribution < -0.4 is 0 Å². The number of carbonyl (C=O) groups is 1. The van der Waals surface area contributed by atoms with Gasteiger partial charge >= 0.3 is 0 Å². The van der Waals surface area contributed by atoms with Crippen LogP contribution in [0.5, 0.6) is 0 Å². The summed E-state index contributed by atoms with van der Waals surface area (Å²) < 4.78 is 0. The summed E-state index contributed by atoms with van der Waals surface area (Å²) in [7, 11) is 0. The summed E-state index contributed by atoms with van der Waals surface area (Å²) in [4.78, 5) is 11.1. The van der Waals surface area contributed by atoms with Crippen molar-refractivity contribution < 1.29 is 4.79 Å². The molecule has 1 heteroatoms. The summed E-state index contributed by atoms with van der Waals surface area (Å²) in [5.41, 5.74) is 1.01. The maximum atomic E-state index is 11.1. The number of hydrogen-bond donors (Lipinski definition) is 0. The molecule has 1 rings (SSSR count). The van der Waals surface area contributed by atoms with Gasteiger partial charge in [-0.05, 0) is 24.8 Å². The summed E-state index contributed by atoms with van der Waals surface area (Å²) in [6.07, 6.45) is 9.83. The van der Waals surface area contributed by atoms with Crippen molar-refractivity contribution in [1.29, 1.82) is 0 Å². The molecule has 1 aliphatic carbocycles. The van der Waals surface area contributed by atoms with Crippen LogP contribution in [0.2, 0.25) is 0 Å². The average Bonchev–Trinajstić information content (AvgIpc) is 2.37. The molecule has 0 spiro atoms. The molecule has 0 unspecified atom stereocenters. The molecule has 0 radical (unpaired) electrons. The minimum absolute atomic E-state index is 0.339. The largest absolute Gasteiger partial charge is 0.295 e. The molecule has 0 saturated heterocycles. The van der Waals surface area contributed by atoms with E-state index in [1.54, 1.807) is 0 Å². The third-order valence-electron chi connectivity index (χ3n) is 1.88. The molecule has 0 aliphatic heterocycles. The third kappa shape index (κ3) is 2.34. The van der Waals surface area contributed by atoms with Crippen LogP contribution >= 0.6 is 0 Å². The first kappa shape index (κ1) is 8.25. The van der Waals surface area contributed by atoms with Gasteiger partial charge in [-0.3, -0.25) is 4.79 Å². The zero-order chi connectivity index (χ0) is 8.10. The molecule has 0 N–H and O–H groups in total. The smallest absolute Gasteiger partial charge is 0.158 e. The lowest BCUT2D eigenvalue weighted by Gasteiger charge is -1.87. The van der Waals surface area contributed by atoms with Crippen LogP contribution in [0.25, 0.3) is 0 Å². The van der Waals surface area contributed by atoms with Gasteiger partial charge in [0.25, 0.3) is 0 Å². The van der Waals surface area contributed by atoms with Crippen molar-refractivity contribution in [3.8, 4) is 0 Å². The summed E-state index contributed by atoms with van der Waals surface area (Å²) in [5, 5.41) is 0. The maximum absolute atomic E-state index is 11.1. The second-order valence-electron chi connectivity index (χ2n) is 2.81. The lowest BCUT2D eigenvalue weighted by atomic mass is 10.2. The van der Waals surface area contributed by atoms with Gasteiger partial charge in [0.05, 0.1) is 0 Å². The van der Waals surface area contributed by atoms with Gasteiger partial charge in [-0.2, -0.15) is 0 Å². The van der Waals surface area contributed by atoms with Gasteiger partial charge in [-0.25, -0.2) is 0 Å². The van der Waals surface area contributed by atoms with Crippen molar-refractivity contribution in [2.75, 3.05) is 0 Å². The summed E-state index contributed by atoms with van der Waals surface area (Å²) >= 11 is 0. The maximum Gasteiger partial charge on any atom is 0.158 e. The number of ketones is 1. The van der Waals surface area contributed by atoms with Gasteiger partial charge in [0.2, 0.25) is 0 Å². The first-order valence-corrected chi connectivity index (χ1v) is 4.23. The second-order valence-corrected chi connectivity index (χ2v) is 2.81. The van der Waals surface area contributed by atoms with Crippen molar-refractivity contribution in [3.05, 3.63) is 23.8 Å². The summed E-state index contributed by atoms with van der Waals surface area (Å²) in [6, 6.07) is 0. The standard InChI is InChI=1S/C10H14O/c1-2-3-4-6-9-7-5-8-10(9)11/h3-4,6H,2,5,7-8H2,1H3/b4-3+,9-6+. The molecule has 0 aromatic rings. The van der Waals surface area contributed by atoms with Crippen LogP contribution in [0.15, 0.2) is 23.8 Å². The van der Waals surface area contributed by atoms with E-state index >= 15 is 0 Å². The van der Waals surface area contributed by atoms with Gasteiger partial charge < -0.3 is 0 Å². The van der Waals surface area contributed by atoms with Crippen LogP contribution in [0, 0.1) is 0 Å². The first-order chi connectivity index (χ1) is 5.34. The highest BCUT2D eigenvalue weighted by molar-refractivity contribution is 5.97. The van der Waals surface area contributed by atoms with E-state index in [9.17, 15) is 4.79 Å². The Kier molecular flexibility index (Phi) is 3.09. The van der Waals surface area contributed by atoms with Crippen LogP contribution in [0.1, 0.15) is 32.6 Å². The Hall–Kier alpha value is -0.850. The van der Waals surface area contributed by atoms with E-state index in [2.05, 4.69) is 13.0 Å². The monoisotopic (exact) mass is 150 g/mol. The molecule has 1 fully saturated rings. The van der Waals surface area contributed by atoms with E-state index in [4.69, 9.17) is 0 Å². The van der Waals surface area contributed by atoms with Crippen LogP contribution in [0.3, 0.4) is 0 Å². The number of rotatable bonds is 2. The molecule has 1 aliphatic rings. The number of hydrogen-bond acceptors (Lipinski definition) is 1. The average molecular weight is 150 g/mol. The zero-order valence-corrected chi connectivity index (χ0v) is 6.97. The fourth-order valence-corrected chi connectivity index (χ4v) is 1.24. The topological polar surface area (TPSA) is 17.1 Å². The van der Waals surface area contributed by atoms with Crippen molar-refractivity contribution in [3.63, 3.8) is 0 Å². The summed E-state index contributed by atoms with van der Waals surface area (Å²) in [5.74, 6) is 0.339.